The maximum absolute atomic E-state index is 11.3. The Labute approximate surface area is 102 Å². The molecule has 0 radical (unpaired) electrons. The maximum atomic E-state index is 11.3. The van der Waals surface area contributed by atoms with Gasteiger partial charge in [0.2, 0.25) is 0 Å². The molecule has 1 heterocycles. The van der Waals surface area contributed by atoms with Crippen molar-refractivity contribution in [3.8, 4) is 0 Å². The number of aromatic carboxylic acids is 1. The summed E-state index contributed by atoms with van der Waals surface area (Å²) >= 11 is 0. The van der Waals surface area contributed by atoms with Gasteiger partial charge in [0.15, 0.2) is 0 Å². The summed E-state index contributed by atoms with van der Waals surface area (Å²) in [5.41, 5.74) is 0.899. The standard InChI is InChI=1S/C12H21N3O2/c1-5-7-8-15(6-2)11-10(12(16)17)9(3)13-14(11)4/h5-8H2,1-4H3,(H,16,17). The second kappa shape index (κ2) is 5.70. The van der Waals surface area contributed by atoms with Crippen molar-refractivity contribution < 1.29 is 9.90 Å². The molecular weight excluding hydrogens is 218 g/mol. The second-order valence-electron chi connectivity index (χ2n) is 4.15. The molecule has 0 aliphatic heterocycles. The Morgan fingerprint density at radius 1 is 1.47 bits per heavy atom. The Kier molecular flexibility index (Phi) is 4.54. The predicted octanol–water partition coefficient (Wildman–Crippen LogP) is 2.05. The van der Waals surface area contributed by atoms with Crippen LogP contribution in [0.3, 0.4) is 0 Å². The van der Waals surface area contributed by atoms with E-state index in [9.17, 15) is 9.90 Å². The first-order valence-electron chi connectivity index (χ1n) is 6.04. The van der Waals surface area contributed by atoms with Gasteiger partial charge in [0.25, 0.3) is 0 Å². The molecule has 1 aromatic heterocycles. The molecule has 0 aliphatic carbocycles. The Hall–Kier alpha value is -1.52. The van der Waals surface area contributed by atoms with Crippen molar-refractivity contribution in [3.63, 3.8) is 0 Å². The van der Waals surface area contributed by atoms with Crippen LogP contribution in [-0.4, -0.2) is 33.9 Å². The number of rotatable bonds is 6. The molecular formula is C12H21N3O2. The van der Waals surface area contributed by atoms with Crippen LogP contribution in [-0.2, 0) is 7.05 Å². The quantitative estimate of drug-likeness (QED) is 0.825. The van der Waals surface area contributed by atoms with Crippen LogP contribution in [0.15, 0.2) is 0 Å². The predicted molar refractivity (Wildman–Crippen MR) is 67.7 cm³/mol. The normalized spacial score (nSPS) is 10.6. The van der Waals surface area contributed by atoms with Crippen LogP contribution >= 0.6 is 0 Å². The number of carboxylic acid groups (broad SMARTS) is 1. The molecule has 96 valence electrons. The topological polar surface area (TPSA) is 58.4 Å². The monoisotopic (exact) mass is 239 g/mol. The largest absolute Gasteiger partial charge is 0.477 e. The van der Waals surface area contributed by atoms with Gasteiger partial charge < -0.3 is 10.0 Å². The van der Waals surface area contributed by atoms with E-state index in [1.54, 1.807) is 18.7 Å². The molecule has 0 amide bonds. The zero-order valence-electron chi connectivity index (χ0n) is 11.0. The van der Waals surface area contributed by atoms with Crippen molar-refractivity contribution in [1.29, 1.82) is 0 Å². The summed E-state index contributed by atoms with van der Waals surface area (Å²) < 4.78 is 1.66. The third-order valence-electron chi connectivity index (χ3n) is 2.87. The van der Waals surface area contributed by atoms with Crippen molar-refractivity contribution in [3.05, 3.63) is 11.3 Å². The Bertz CT molecular complexity index is 399. The molecule has 0 unspecified atom stereocenters. The third kappa shape index (κ3) is 2.78. The summed E-state index contributed by atoms with van der Waals surface area (Å²) in [6, 6.07) is 0. The van der Waals surface area contributed by atoms with E-state index in [2.05, 4.69) is 16.9 Å². The number of carbonyl (C=O) groups is 1. The van der Waals surface area contributed by atoms with Gasteiger partial charge in [-0.2, -0.15) is 5.10 Å². The van der Waals surface area contributed by atoms with Crippen molar-refractivity contribution >= 4 is 11.8 Å². The number of aryl methyl sites for hydroxylation is 2. The molecule has 1 N–H and O–H groups in total. The van der Waals surface area contributed by atoms with Crippen molar-refractivity contribution in [2.45, 2.75) is 33.6 Å². The molecule has 1 aromatic rings. The Balaban J connectivity index is 3.13. The summed E-state index contributed by atoms with van der Waals surface area (Å²) in [5, 5.41) is 13.5. The van der Waals surface area contributed by atoms with Crippen molar-refractivity contribution in [2.24, 2.45) is 7.05 Å². The molecule has 0 saturated heterocycles. The van der Waals surface area contributed by atoms with Crippen molar-refractivity contribution in [1.82, 2.24) is 9.78 Å². The third-order valence-corrected chi connectivity index (χ3v) is 2.87. The van der Waals surface area contributed by atoms with Gasteiger partial charge in [-0.15, -0.1) is 0 Å². The highest BCUT2D eigenvalue weighted by Gasteiger charge is 2.23. The summed E-state index contributed by atoms with van der Waals surface area (Å²) in [6.45, 7) is 7.55. The minimum absolute atomic E-state index is 0.324. The number of hydrogen-bond acceptors (Lipinski definition) is 3. The van der Waals surface area contributed by atoms with E-state index in [0.29, 0.717) is 17.1 Å². The highest BCUT2D eigenvalue weighted by molar-refractivity contribution is 5.94. The first-order chi connectivity index (χ1) is 8.02. The average Bonchev–Trinajstić information content (AvgIpc) is 2.55. The number of hydrogen-bond donors (Lipinski definition) is 1. The van der Waals surface area contributed by atoms with Gasteiger partial charge in [-0.3, -0.25) is 4.68 Å². The molecule has 0 fully saturated rings. The number of aromatic nitrogens is 2. The van der Waals surface area contributed by atoms with E-state index in [0.717, 1.165) is 25.9 Å². The lowest BCUT2D eigenvalue weighted by molar-refractivity contribution is 0.0696. The average molecular weight is 239 g/mol. The lowest BCUT2D eigenvalue weighted by Crippen LogP contribution is -2.27. The van der Waals surface area contributed by atoms with E-state index in [1.165, 1.54) is 0 Å². The molecule has 0 aromatic carbocycles. The fourth-order valence-electron chi connectivity index (χ4n) is 2.02. The molecule has 0 atom stereocenters. The van der Waals surface area contributed by atoms with Crippen molar-refractivity contribution in [2.75, 3.05) is 18.0 Å². The summed E-state index contributed by atoms with van der Waals surface area (Å²) in [6.07, 6.45) is 2.15. The van der Waals surface area contributed by atoms with Gasteiger partial charge in [-0.25, -0.2) is 4.79 Å². The Morgan fingerprint density at radius 3 is 2.59 bits per heavy atom. The maximum Gasteiger partial charge on any atom is 0.341 e. The van der Waals surface area contributed by atoms with E-state index in [1.807, 2.05) is 6.92 Å². The highest BCUT2D eigenvalue weighted by atomic mass is 16.4. The van der Waals surface area contributed by atoms with Gasteiger partial charge in [0.1, 0.15) is 11.4 Å². The van der Waals surface area contributed by atoms with Gasteiger partial charge in [-0.1, -0.05) is 13.3 Å². The summed E-state index contributed by atoms with van der Waals surface area (Å²) in [4.78, 5) is 13.3. The van der Waals surface area contributed by atoms with E-state index < -0.39 is 5.97 Å². The number of anilines is 1. The minimum atomic E-state index is -0.902. The summed E-state index contributed by atoms with van der Waals surface area (Å²) in [5.74, 6) is -0.188. The Morgan fingerprint density at radius 2 is 2.12 bits per heavy atom. The van der Waals surface area contributed by atoms with E-state index >= 15 is 0 Å². The minimum Gasteiger partial charge on any atom is -0.477 e. The van der Waals surface area contributed by atoms with Crippen LogP contribution in [0.5, 0.6) is 0 Å². The smallest absolute Gasteiger partial charge is 0.341 e. The van der Waals surface area contributed by atoms with Gasteiger partial charge in [-0.05, 0) is 20.3 Å². The molecule has 0 spiro atoms. The zero-order valence-corrected chi connectivity index (χ0v) is 11.0. The van der Waals surface area contributed by atoms with Crippen LogP contribution in [0.4, 0.5) is 5.82 Å². The fraction of sp³-hybridized carbons (Fsp3) is 0.667. The van der Waals surface area contributed by atoms with Crippen LogP contribution in [0, 0.1) is 6.92 Å². The zero-order chi connectivity index (χ0) is 13.0. The van der Waals surface area contributed by atoms with Crippen LogP contribution in [0.2, 0.25) is 0 Å². The first-order valence-corrected chi connectivity index (χ1v) is 6.04. The first kappa shape index (κ1) is 13.5. The fourth-order valence-corrected chi connectivity index (χ4v) is 2.02. The van der Waals surface area contributed by atoms with Crippen LogP contribution in [0.1, 0.15) is 42.7 Å². The lowest BCUT2D eigenvalue weighted by Gasteiger charge is -2.23. The van der Waals surface area contributed by atoms with Gasteiger partial charge >= 0.3 is 5.97 Å². The molecule has 0 aliphatic rings. The highest BCUT2D eigenvalue weighted by Crippen LogP contribution is 2.23. The molecule has 5 heteroatoms. The van der Waals surface area contributed by atoms with E-state index in [4.69, 9.17) is 0 Å². The van der Waals surface area contributed by atoms with Crippen LogP contribution in [0.25, 0.3) is 0 Å². The van der Waals surface area contributed by atoms with Crippen LogP contribution < -0.4 is 4.90 Å². The molecule has 1 rings (SSSR count). The van der Waals surface area contributed by atoms with E-state index in [-0.39, 0.29) is 0 Å². The lowest BCUT2D eigenvalue weighted by atomic mass is 10.2. The molecule has 0 bridgehead atoms. The number of nitrogens with zero attached hydrogens (tertiary/aromatic N) is 3. The molecule has 0 saturated carbocycles. The SMILES string of the molecule is CCCCN(CC)c1c(C(=O)O)c(C)nn1C. The van der Waals surface area contributed by atoms with Gasteiger partial charge in [0, 0.05) is 20.1 Å². The molecule has 5 nitrogen and oxygen atoms in total. The number of unbranched alkanes of at least 4 members (excludes halogenated alkanes) is 1. The molecule has 17 heavy (non-hydrogen) atoms. The number of carboxylic acids is 1. The summed E-state index contributed by atoms with van der Waals surface area (Å²) in [7, 11) is 1.80. The second-order valence-corrected chi connectivity index (χ2v) is 4.15. The van der Waals surface area contributed by atoms with Gasteiger partial charge in [0.05, 0.1) is 5.69 Å².